The molecule has 0 saturated carbocycles. The second kappa shape index (κ2) is 4.76. The normalized spacial score (nSPS) is 15.4. The summed E-state index contributed by atoms with van der Waals surface area (Å²) in [6, 6.07) is 0. The van der Waals surface area contributed by atoms with Crippen molar-refractivity contribution >= 4 is 17.0 Å². The third kappa shape index (κ3) is 1.98. The number of aromatic nitrogens is 4. The van der Waals surface area contributed by atoms with Crippen LogP contribution >= 0.6 is 0 Å². The van der Waals surface area contributed by atoms with Crippen LogP contribution in [0.25, 0.3) is 11.2 Å². The van der Waals surface area contributed by atoms with Crippen molar-refractivity contribution in [3.8, 4) is 0 Å². The van der Waals surface area contributed by atoms with E-state index in [0.717, 1.165) is 30.2 Å². The summed E-state index contributed by atoms with van der Waals surface area (Å²) < 4.78 is 0. The van der Waals surface area contributed by atoms with Crippen molar-refractivity contribution in [1.82, 2.24) is 19.9 Å². The fraction of sp³-hybridized carbons (Fsp3) is 0.500. The molecule has 3 rings (SSSR count). The number of rotatable bonds is 1. The van der Waals surface area contributed by atoms with Crippen molar-refractivity contribution in [3.05, 3.63) is 12.2 Å². The summed E-state index contributed by atoms with van der Waals surface area (Å²) in [5.74, 6) is 1.82. The maximum atomic E-state index is 4.28. The van der Waals surface area contributed by atoms with E-state index in [9.17, 15) is 0 Å². The average Bonchev–Trinajstić information content (AvgIpc) is 2.82. The number of H-pyrrole nitrogens is 1. The predicted molar refractivity (Wildman–Crippen MR) is 56.7 cm³/mol. The molecule has 1 aliphatic rings. The molecule has 6 heteroatoms. The zero-order valence-electron chi connectivity index (χ0n) is 9.19. The van der Waals surface area contributed by atoms with E-state index in [2.05, 4.69) is 31.2 Å². The van der Waals surface area contributed by atoms with E-state index < -0.39 is 0 Å². The van der Waals surface area contributed by atoms with Gasteiger partial charge in [0.1, 0.15) is 0 Å². The minimum absolute atomic E-state index is 0. The summed E-state index contributed by atoms with van der Waals surface area (Å²) in [7, 11) is 0. The second-order valence-electron chi connectivity index (χ2n) is 3.86. The van der Waals surface area contributed by atoms with Gasteiger partial charge in [-0.3, -0.25) is 4.98 Å². The van der Waals surface area contributed by atoms with E-state index in [-0.39, 0.29) is 32.7 Å². The Hall–Kier alpha value is -0.546. The van der Waals surface area contributed by atoms with Crippen LogP contribution in [-0.4, -0.2) is 33.0 Å². The van der Waals surface area contributed by atoms with Gasteiger partial charge in [-0.1, -0.05) is 0 Å². The molecule has 0 atom stereocenters. The van der Waals surface area contributed by atoms with Crippen molar-refractivity contribution in [1.29, 1.82) is 0 Å². The van der Waals surface area contributed by atoms with Crippen molar-refractivity contribution < 1.29 is 32.7 Å². The van der Waals surface area contributed by atoms with Gasteiger partial charge in [-0.2, -0.15) is 0 Å². The van der Waals surface area contributed by atoms with Crippen LogP contribution in [0.15, 0.2) is 0 Å². The summed E-state index contributed by atoms with van der Waals surface area (Å²) in [5, 5.41) is 0. The molecule has 81 valence electrons. The van der Waals surface area contributed by atoms with Gasteiger partial charge in [0.15, 0.2) is 0 Å². The largest absolute Gasteiger partial charge is 0.407 e. The first-order valence-electron chi connectivity index (χ1n) is 5.20. The first-order chi connectivity index (χ1) is 7.34. The molecular formula is C10H12N5Y-. The summed E-state index contributed by atoms with van der Waals surface area (Å²) in [6.07, 6.45) is 5.14. The molecule has 1 N–H and O–H groups in total. The summed E-state index contributed by atoms with van der Waals surface area (Å²) in [6.45, 7) is 4.06. The minimum Gasteiger partial charge on any atom is -0.407 e. The number of hydrogen-bond acceptors (Lipinski definition) is 4. The van der Waals surface area contributed by atoms with Crippen LogP contribution in [0.5, 0.6) is 0 Å². The Balaban J connectivity index is 0.000000963. The topological polar surface area (TPSA) is 57.7 Å². The zero-order chi connectivity index (χ0) is 10.3. The Morgan fingerprint density at radius 1 is 1.25 bits per heavy atom. The molecule has 0 aliphatic carbocycles. The molecule has 2 aromatic heterocycles. The van der Waals surface area contributed by atoms with Gasteiger partial charge in [-0.25, -0.2) is 0 Å². The van der Waals surface area contributed by atoms with Crippen LogP contribution in [0.2, 0.25) is 0 Å². The predicted octanol–water partition coefficient (Wildman–Crippen LogP) is 1.06. The van der Waals surface area contributed by atoms with E-state index in [4.69, 9.17) is 0 Å². The molecule has 2 aromatic rings. The molecule has 0 aromatic carbocycles. The fourth-order valence-electron chi connectivity index (χ4n) is 2.05. The van der Waals surface area contributed by atoms with Gasteiger partial charge in [0, 0.05) is 63.5 Å². The van der Waals surface area contributed by atoms with Crippen LogP contribution in [0, 0.1) is 13.3 Å². The quantitative estimate of drug-likeness (QED) is 0.798. The molecule has 0 amide bonds. The first-order valence-corrected chi connectivity index (χ1v) is 5.20. The van der Waals surface area contributed by atoms with Crippen LogP contribution in [0.4, 0.5) is 5.82 Å². The zero-order valence-corrected chi connectivity index (χ0v) is 12.0. The number of nitrogens with zero attached hydrogens (tertiary/aromatic N) is 4. The molecule has 1 radical (unpaired) electrons. The van der Waals surface area contributed by atoms with Gasteiger partial charge in [0.25, 0.3) is 0 Å². The summed E-state index contributed by atoms with van der Waals surface area (Å²) in [5.41, 5.74) is 1.65. The third-order valence-electron chi connectivity index (χ3n) is 2.74. The van der Waals surface area contributed by atoms with Crippen LogP contribution < -0.4 is 4.90 Å². The number of nitrogens with one attached hydrogen (secondary N) is 1. The van der Waals surface area contributed by atoms with E-state index in [1.165, 1.54) is 12.8 Å². The van der Waals surface area contributed by atoms with Crippen molar-refractivity contribution in [3.63, 3.8) is 0 Å². The first kappa shape index (κ1) is 11.9. The molecule has 0 spiro atoms. The fourth-order valence-corrected chi connectivity index (χ4v) is 2.05. The minimum atomic E-state index is 0. The van der Waals surface area contributed by atoms with Gasteiger partial charge in [0.05, 0.1) is 11.5 Å². The van der Waals surface area contributed by atoms with Gasteiger partial charge in [-0.05, 0) is 19.8 Å². The molecule has 1 saturated heterocycles. The molecule has 1 aliphatic heterocycles. The Bertz CT molecular complexity index is 489. The Morgan fingerprint density at radius 3 is 2.75 bits per heavy atom. The second-order valence-corrected chi connectivity index (χ2v) is 3.86. The number of anilines is 1. The van der Waals surface area contributed by atoms with Crippen molar-refractivity contribution in [2.45, 2.75) is 19.8 Å². The van der Waals surface area contributed by atoms with Gasteiger partial charge in [0.2, 0.25) is 0 Å². The van der Waals surface area contributed by atoms with Crippen LogP contribution in [0.3, 0.4) is 0 Å². The van der Waals surface area contributed by atoms with Gasteiger partial charge < -0.3 is 19.9 Å². The van der Waals surface area contributed by atoms with E-state index >= 15 is 0 Å². The van der Waals surface area contributed by atoms with E-state index in [0.29, 0.717) is 5.65 Å². The molecule has 5 nitrogen and oxygen atoms in total. The number of fused-ring (bicyclic) bond motifs is 1. The van der Waals surface area contributed by atoms with E-state index in [1.807, 2.05) is 6.92 Å². The summed E-state index contributed by atoms with van der Waals surface area (Å²) >= 11 is 0. The molecular weight excluding hydrogens is 279 g/mol. The van der Waals surface area contributed by atoms with Crippen molar-refractivity contribution in [2.24, 2.45) is 0 Å². The number of aryl methyl sites for hydroxylation is 1. The van der Waals surface area contributed by atoms with Gasteiger partial charge in [-0.15, -0.1) is 0 Å². The number of hydrogen-bond donors (Lipinski definition) is 1. The molecule has 16 heavy (non-hydrogen) atoms. The maximum Gasteiger partial charge on any atom is 0.0900 e. The molecule has 3 heterocycles. The van der Waals surface area contributed by atoms with Gasteiger partial charge >= 0.3 is 0 Å². The SMILES string of the molecule is Cc1nc2n[c-]nc(N3CCCC3)c2[nH]1.[Y]. The third-order valence-corrected chi connectivity index (χ3v) is 2.74. The molecule has 0 unspecified atom stereocenters. The summed E-state index contributed by atoms with van der Waals surface area (Å²) in [4.78, 5) is 18.0. The smallest absolute Gasteiger partial charge is 0.0900 e. The van der Waals surface area contributed by atoms with E-state index in [1.54, 1.807) is 0 Å². The monoisotopic (exact) mass is 291 g/mol. The Labute approximate surface area is 119 Å². The Morgan fingerprint density at radius 2 is 2.00 bits per heavy atom. The Kier molecular flexibility index (Phi) is 3.54. The molecule has 1 fully saturated rings. The maximum absolute atomic E-state index is 4.28. The van der Waals surface area contributed by atoms with Crippen molar-refractivity contribution in [2.75, 3.05) is 18.0 Å². The average molecular weight is 291 g/mol. The molecule has 0 bridgehead atoms. The van der Waals surface area contributed by atoms with Crippen LogP contribution in [-0.2, 0) is 32.7 Å². The standard InChI is InChI=1S/C10H12N5.Y/c1-7-13-8-9(14-7)11-6-12-10(8)15-4-2-3-5-15;/h2-5H2,1H3,(H,11,12,13,14);/q-1;. The number of imidazole rings is 1. The number of aromatic amines is 1. The van der Waals surface area contributed by atoms with Crippen LogP contribution in [0.1, 0.15) is 18.7 Å².